The Labute approximate surface area is 125 Å². The number of ketones is 1. The van der Waals surface area contributed by atoms with Crippen molar-refractivity contribution < 1.29 is 9.53 Å². The number of carbonyl (C=O) groups excluding carboxylic acids is 1. The number of para-hydroxylation sites is 1. The molecule has 0 saturated carbocycles. The number of carbonyl (C=O) groups is 1. The zero-order valence-corrected chi connectivity index (χ0v) is 12.3. The summed E-state index contributed by atoms with van der Waals surface area (Å²) in [6, 6.07) is 15.6. The summed E-state index contributed by atoms with van der Waals surface area (Å²) in [5.41, 5.74) is 2.94. The molecule has 21 heavy (non-hydrogen) atoms. The van der Waals surface area contributed by atoms with E-state index in [0.717, 1.165) is 12.0 Å². The molecule has 1 aliphatic rings. The number of fused-ring (bicyclic) bond motifs is 1. The molecule has 106 valence electrons. The second-order valence-electron chi connectivity index (χ2n) is 5.78. The largest absolute Gasteiger partial charge is 0.452 e. The van der Waals surface area contributed by atoms with Gasteiger partial charge in [0, 0.05) is 0 Å². The van der Waals surface area contributed by atoms with Crippen LogP contribution in [0, 0.1) is 5.92 Å². The van der Waals surface area contributed by atoms with Crippen molar-refractivity contribution in [3.8, 4) is 5.75 Å². The molecule has 0 aliphatic carbocycles. The van der Waals surface area contributed by atoms with Gasteiger partial charge in [0.1, 0.15) is 5.75 Å². The van der Waals surface area contributed by atoms with Crippen molar-refractivity contribution in [2.75, 3.05) is 0 Å². The molecule has 0 amide bonds. The first-order chi connectivity index (χ1) is 10.1. The van der Waals surface area contributed by atoms with Gasteiger partial charge in [0.2, 0.25) is 5.78 Å². The van der Waals surface area contributed by atoms with E-state index < -0.39 is 0 Å². The van der Waals surface area contributed by atoms with Crippen LogP contribution in [-0.2, 0) is 6.42 Å². The molecular weight excluding hydrogens is 260 g/mol. The van der Waals surface area contributed by atoms with Crippen LogP contribution < -0.4 is 4.74 Å². The highest BCUT2D eigenvalue weighted by Crippen LogP contribution is 2.31. The Kier molecular flexibility index (Phi) is 3.61. The van der Waals surface area contributed by atoms with Crippen molar-refractivity contribution >= 4 is 11.9 Å². The molecule has 0 N–H and O–H groups in total. The molecule has 0 radical (unpaired) electrons. The highest BCUT2D eigenvalue weighted by atomic mass is 16.5. The van der Waals surface area contributed by atoms with Crippen LogP contribution in [0.15, 0.2) is 54.3 Å². The van der Waals surface area contributed by atoms with Crippen molar-refractivity contribution in [1.82, 2.24) is 0 Å². The van der Waals surface area contributed by atoms with E-state index in [4.69, 9.17) is 4.74 Å². The first-order valence-electron chi connectivity index (χ1n) is 7.25. The van der Waals surface area contributed by atoms with Gasteiger partial charge in [-0.25, -0.2) is 0 Å². The molecular formula is C19H18O2. The molecule has 1 aliphatic heterocycles. The average molecular weight is 278 g/mol. The van der Waals surface area contributed by atoms with E-state index in [-0.39, 0.29) is 5.78 Å². The van der Waals surface area contributed by atoms with Gasteiger partial charge in [-0.15, -0.1) is 0 Å². The first kappa shape index (κ1) is 13.6. The van der Waals surface area contributed by atoms with Crippen LogP contribution in [0.2, 0.25) is 0 Å². The molecule has 2 nitrogen and oxygen atoms in total. The Morgan fingerprint density at radius 2 is 1.76 bits per heavy atom. The smallest absolute Gasteiger partial charge is 0.231 e. The van der Waals surface area contributed by atoms with E-state index >= 15 is 0 Å². The predicted molar refractivity (Wildman–Crippen MR) is 84.4 cm³/mol. The molecule has 0 saturated heterocycles. The zero-order valence-electron chi connectivity index (χ0n) is 12.3. The molecule has 0 unspecified atom stereocenters. The van der Waals surface area contributed by atoms with Gasteiger partial charge >= 0.3 is 0 Å². The van der Waals surface area contributed by atoms with Crippen LogP contribution in [0.4, 0.5) is 0 Å². The number of rotatable bonds is 3. The lowest BCUT2D eigenvalue weighted by atomic mass is 10.0. The molecule has 0 spiro atoms. The molecule has 2 aromatic carbocycles. The Morgan fingerprint density at radius 3 is 2.43 bits per heavy atom. The zero-order chi connectivity index (χ0) is 14.8. The summed E-state index contributed by atoms with van der Waals surface area (Å²) in [4.78, 5) is 12.2. The Bertz CT molecular complexity index is 694. The average Bonchev–Trinajstić information content (AvgIpc) is 2.78. The number of Topliss-reactive ketones (excluding diaryl/α,β-unsaturated/α-hetero) is 1. The van der Waals surface area contributed by atoms with Crippen LogP contribution in [0.3, 0.4) is 0 Å². The Morgan fingerprint density at radius 1 is 1.05 bits per heavy atom. The number of hydrogen-bond acceptors (Lipinski definition) is 2. The van der Waals surface area contributed by atoms with Crippen LogP contribution in [-0.4, -0.2) is 5.78 Å². The molecule has 0 fully saturated rings. The minimum absolute atomic E-state index is 0.0446. The molecule has 3 rings (SSSR count). The predicted octanol–water partition coefficient (Wildman–Crippen LogP) is 4.50. The van der Waals surface area contributed by atoms with Gasteiger partial charge in [-0.3, -0.25) is 4.79 Å². The summed E-state index contributed by atoms with van der Waals surface area (Å²) in [5, 5.41) is 0. The van der Waals surface area contributed by atoms with E-state index in [9.17, 15) is 4.79 Å². The van der Waals surface area contributed by atoms with Crippen molar-refractivity contribution in [2.24, 2.45) is 5.92 Å². The molecule has 1 heterocycles. The minimum atomic E-state index is -0.0446. The number of ether oxygens (including phenoxy) is 1. The van der Waals surface area contributed by atoms with E-state index in [2.05, 4.69) is 26.0 Å². The number of hydrogen-bond donors (Lipinski definition) is 0. The van der Waals surface area contributed by atoms with E-state index in [1.54, 1.807) is 6.07 Å². The SMILES string of the molecule is CC(C)Cc1ccc(/C=C2\Oc3ccccc3C2=O)cc1. The molecule has 0 aromatic heterocycles. The lowest BCUT2D eigenvalue weighted by Crippen LogP contribution is -1.98. The Balaban J connectivity index is 1.82. The van der Waals surface area contributed by atoms with E-state index in [1.165, 1.54) is 5.56 Å². The number of allylic oxidation sites excluding steroid dienone is 1. The van der Waals surface area contributed by atoms with Crippen LogP contribution in [0.25, 0.3) is 6.08 Å². The fourth-order valence-corrected chi connectivity index (χ4v) is 2.51. The van der Waals surface area contributed by atoms with Gasteiger partial charge in [-0.1, -0.05) is 50.2 Å². The summed E-state index contributed by atoms with van der Waals surface area (Å²) in [6.45, 7) is 4.41. The number of benzene rings is 2. The monoisotopic (exact) mass is 278 g/mol. The summed E-state index contributed by atoms with van der Waals surface area (Å²) in [7, 11) is 0. The van der Waals surface area contributed by atoms with Gasteiger partial charge in [-0.2, -0.15) is 0 Å². The van der Waals surface area contributed by atoms with Crippen molar-refractivity contribution in [3.63, 3.8) is 0 Å². The first-order valence-corrected chi connectivity index (χ1v) is 7.25. The van der Waals surface area contributed by atoms with Crippen LogP contribution in [0.1, 0.15) is 35.3 Å². The summed E-state index contributed by atoms with van der Waals surface area (Å²) >= 11 is 0. The van der Waals surface area contributed by atoms with Crippen molar-refractivity contribution in [1.29, 1.82) is 0 Å². The van der Waals surface area contributed by atoms with Gasteiger partial charge in [0.15, 0.2) is 5.76 Å². The highest BCUT2D eigenvalue weighted by molar-refractivity contribution is 6.14. The lowest BCUT2D eigenvalue weighted by Gasteiger charge is -2.05. The van der Waals surface area contributed by atoms with Crippen molar-refractivity contribution in [3.05, 3.63) is 71.0 Å². The van der Waals surface area contributed by atoms with Crippen LogP contribution >= 0.6 is 0 Å². The maximum absolute atomic E-state index is 12.2. The third-order valence-electron chi connectivity index (χ3n) is 3.50. The van der Waals surface area contributed by atoms with Gasteiger partial charge in [0.25, 0.3) is 0 Å². The molecule has 2 heteroatoms. The normalized spacial score (nSPS) is 15.4. The highest BCUT2D eigenvalue weighted by Gasteiger charge is 2.26. The standard InChI is InChI=1S/C19H18O2/c1-13(2)11-14-7-9-15(10-8-14)12-18-19(20)16-5-3-4-6-17(16)21-18/h3-10,12-13H,11H2,1-2H3/b18-12-. The molecule has 0 bridgehead atoms. The fourth-order valence-electron chi connectivity index (χ4n) is 2.51. The third-order valence-corrected chi connectivity index (χ3v) is 3.50. The molecule has 2 aromatic rings. The fraction of sp³-hybridized carbons (Fsp3) is 0.211. The van der Waals surface area contributed by atoms with E-state index in [1.807, 2.05) is 36.4 Å². The second kappa shape index (κ2) is 5.57. The third kappa shape index (κ3) is 2.89. The topological polar surface area (TPSA) is 26.3 Å². The van der Waals surface area contributed by atoms with E-state index in [0.29, 0.717) is 23.0 Å². The summed E-state index contributed by atoms with van der Waals surface area (Å²) < 4.78 is 5.63. The molecule has 0 atom stereocenters. The van der Waals surface area contributed by atoms with Gasteiger partial charge in [-0.05, 0) is 41.7 Å². The van der Waals surface area contributed by atoms with Crippen molar-refractivity contribution in [2.45, 2.75) is 20.3 Å². The van der Waals surface area contributed by atoms with Gasteiger partial charge < -0.3 is 4.74 Å². The summed E-state index contributed by atoms with van der Waals surface area (Å²) in [5.74, 6) is 1.64. The Hall–Kier alpha value is -2.35. The maximum Gasteiger partial charge on any atom is 0.231 e. The summed E-state index contributed by atoms with van der Waals surface area (Å²) in [6.07, 6.45) is 2.87. The lowest BCUT2D eigenvalue weighted by molar-refractivity contribution is 0.101. The minimum Gasteiger partial charge on any atom is -0.452 e. The second-order valence-corrected chi connectivity index (χ2v) is 5.78. The van der Waals surface area contributed by atoms with Gasteiger partial charge in [0.05, 0.1) is 5.56 Å². The van der Waals surface area contributed by atoms with Crippen LogP contribution in [0.5, 0.6) is 5.75 Å². The maximum atomic E-state index is 12.2. The quantitative estimate of drug-likeness (QED) is 0.773.